The molecule has 2 rings (SSSR count). The summed E-state index contributed by atoms with van der Waals surface area (Å²) in [6.45, 7) is 2.44. The Morgan fingerprint density at radius 3 is 2.75 bits per heavy atom. The Labute approximate surface area is 51.3 Å². The smallest absolute Gasteiger partial charge is 0.0292 e. The quantitative estimate of drug-likeness (QED) is 0.448. The van der Waals surface area contributed by atoms with Crippen molar-refractivity contribution in [2.75, 3.05) is 0 Å². The first-order chi connectivity index (χ1) is 3.81. The number of hydrogen-bond acceptors (Lipinski definition) is 0. The van der Waals surface area contributed by atoms with Crippen molar-refractivity contribution in [2.45, 2.75) is 32.6 Å². The van der Waals surface area contributed by atoms with Crippen LogP contribution in [0.15, 0.2) is 0 Å². The van der Waals surface area contributed by atoms with Crippen LogP contribution in [0.2, 0.25) is 0 Å². The average molecular weight is 109 g/mol. The fraction of sp³-hybridized carbons (Fsp3) is 0.875. The summed E-state index contributed by atoms with van der Waals surface area (Å²) in [7, 11) is 0. The van der Waals surface area contributed by atoms with E-state index < -0.39 is 0 Å². The molecule has 45 valence electrons. The van der Waals surface area contributed by atoms with E-state index in [1.165, 1.54) is 25.7 Å². The van der Waals surface area contributed by atoms with E-state index in [4.69, 9.17) is 0 Å². The van der Waals surface area contributed by atoms with Gasteiger partial charge >= 0.3 is 0 Å². The van der Waals surface area contributed by atoms with Gasteiger partial charge in [-0.2, -0.15) is 0 Å². The van der Waals surface area contributed by atoms with Crippen molar-refractivity contribution in [1.82, 2.24) is 0 Å². The number of rotatable bonds is 0. The van der Waals surface area contributed by atoms with Crippen molar-refractivity contribution in [1.29, 1.82) is 0 Å². The Morgan fingerprint density at radius 1 is 1.62 bits per heavy atom. The average Bonchev–Trinajstić information content (AvgIpc) is 1.94. The largest absolute Gasteiger partial charge is 0.0594 e. The molecule has 2 saturated carbocycles. The lowest BCUT2D eigenvalue weighted by Crippen LogP contribution is -2.32. The molecule has 1 radical (unpaired) electrons. The van der Waals surface area contributed by atoms with Gasteiger partial charge < -0.3 is 0 Å². The van der Waals surface area contributed by atoms with Gasteiger partial charge in [0.1, 0.15) is 0 Å². The fourth-order valence-corrected chi connectivity index (χ4v) is 2.17. The molecule has 2 atom stereocenters. The second-order valence-corrected chi connectivity index (χ2v) is 3.59. The fourth-order valence-electron chi connectivity index (χ4n) is 2.17. The van der Waals surface area contributed by atoms with Gasteiger partial charge in [-0.25, -0.2) is 0 Å². The minimum Gasteiger partial charge on any atom is -0.0594 e. The highest BCUT2D eigenvalue weighted by molar-refractivity contribution is 5.07. The Morgan fingerprint density at radius 2 is 2.50 bits per heavy atom. The van der Waals surface area contributed by atoms with Crippen molar-refractivity contribution in [2.24, 2.45) is 11.3 Å². The Balaban J connectivity index is 2.14. The Kier molecular flexibility index (Phi) is 0.778. The SMILES string of the molecule is C[C@]12C[CH][C@H]1CCC2. The molecule has 8 heavy (non-hydrogen) atoms. The van der Waals surface area contributed by atoms with Gasteiger partial charge in [-0.15, -0.1) is 0 Å². The van der Waals surface area contributed by atoms with Gasteiger partial charge in [-0.05, 0) is 37.0 Å². The van der Waals surface area contributed by atoms with Gasteiger partial charge in [0.25, 0.3) is 0 Å². The van der Waals surface area contributed by atoms with Crippen molar-refractivity contribution >= 4 is 0 Å². The molecular weight excluding hydrogens is 96.1 g/mol. The maximum absolute atomic E-state index is 2.49. The van der Waals surface area contributed by atoms with Crippen LogP contribution in [0, 0.1) is 17.8 Å². The van der Waals surface area contributed by atoms with Crippen LogP contribution in [0.5, 0.6) is 0 Å². The van der Waals surface area contributed by atoms with Crippen molar-refractivity contribution in [3.63, 3.8) is 0 Å². The molecule has 2 aliphatic carbocycles. The summed E-state index contributed by atoms with van der Waals surface area (Å²) in [5.41, 5.74) is 0.778. The first kappa shape index (κ1) is 4.84. The van der Waals surface area contributed by atoms with Crippen LogP contribution in [0.3, 0.4) is 0 Å². The van der Waals surface area contributed by atoms with Crippen molar-refractivity contribution in [3.8, 4) is 0 Å². The van der Waals surface area contributed by atoms with E-state index >= 15 is 0 Å². The molecule has 0 heteroatoms. The molecule has 2 aliphatic rings. The van der Waals surface area contributed by atoms with Crippen LogP contribution >= 0.6 is 0 Å². The normalized spacial score (nSPS) is 52.9. The standard InChI is InChI=1S/C8H13/c1-8-5-2-3-7(8)4-6-8/h4,7H,2-3,5-6H2,1H3/t7-,8+/m1/s1. The van der Waals surface area contributed by atoms with Gasteiger partial charge in [0.15, 0.2) is 0 Å². The maximum atomic E-state index is 2.49. The minimum atomic E-state index is 0.778. The summed E-state index contributed by atoms with van der Waals surface area (Å²) in [5.74, 6) is 1.02. The molecule has 0 N–H and O–H groups in total. The maximum Gasteiger partial charge on any atom is -0.0292 e. The van der Waals surface area contributed by atoms with Gasteiger partial charge in [-0.3, -0.25) is 0 Å². The number of hydrogen-bond donors (Lipinski definition) is 0. The Bertz CT molecular complexity index is 107. The molecule has 0 aliphatic heterocycles. The molecule has 0 aromatic carbocycles. The molecular formula is C8H13. The molecule has 0 bridgehead atoms. The van der Waals surface area contributed by atoms with E-state index in [0.717, 1.165) is 11.3 Å². The monoisotopic (exact) mass is 109 g/mol. The first-order valence-electron chi connectivity index (χ1n) is 3.65. The summed E-state index contributed by atoms with van der Waals surface area (Å²) in [6.07, 6.45) is 8.35. The van der Waals surface area contributed by atoms with Crippen LogP contribution in [0.25, 0.3) is 0 Å². The van der Waals surface area contributed by atoms with Gasteiger partial charge in [0.2, 0.25) is 0 Å². The van der Waals surface area contributed by atoms with Crippen LogP contribution in [-0.2, 0) is 0 Å². The molecule has 0 unspecified atom stereocenters. The van der Waals surface area contributed by atoms with E-state index in [1.54, 1.807) is 0 Å². The summed E-state index contributed by atoms with van der Waals surface area (Å²) < 4.78 is 0. The van der Waals surface area contributed by atoms with E-state index in [2.05, 4.69) is 13.3 Å². The molecule has 0 aromatic rings. The highest BCUT2D eigenvalue weighted by Gasteiger charge is 2.45. The summed E-state index contributed by atoms with van der Waals surface area (Å²) in [4.78, 5) is 0. The van der Waals surface area contributed by atoms with Crippen LogP contribution < -0.4 is 0 Å². The van der Waals surface area contributed by atoms with Crippen LogP contribution in [0.4, 0.5) is 0 Å². The third-order valence-electron chi connectivity index (χ3n) is 3.03. The zero-order valence-electron chi connectivity index (χ0n) is 5.48. The van der Waals surface area contributed by atoms with Crippen molar-refractivity contribution in [3.05, 3.63) is 6.42 Å². The third-order valence-corrected chi connectivity index (χ3v) is 3.03. The predicted octanol–water partition coefficient (Wildman–Crippen LogP) is 2.40. The second-order valence-electron chi connectivity index (χ2n) is 3.59. The zero-order chi connectivity index (χ0) is 5.61. The third kappa shape index (κ3) is 0.416. The number of fused-ring (bicyclic) bond motifs is 1. The van der Waals surface area contributed by atoms with E-state index in [0.29, 0.717) is 0 Å². The van der Waals surface area contributed by atoms with E-state index in [-0.39, 0.29) is 0 Å². The highest BCUT2D eigenvalue weighted by atomic mass is 14.5. The topological polar surface area (TPSA) is 0 Å². The molecule has 0 spiro atoms. The Hall–Kier alpha value is 0. The van der Waals surface area contributed by atoms with Crippen molar-refractivity contribution < 1.29 is 0 Å². The molecule has 0 aromatic heterocycles. The van der Waals surface area contributed by atoms with Crippen LogP contribution in [-0.4, -0.2) is 0 Å². The first-order valence-corrected chi connectivity index (χ1v) is 3.65. The molecule has 0 saturated heterocycles. The summed E-state index contributed by atoms with van der Waals surface area (Å²) in [6, 6.07) is 0. The summed E-state index contributed by atoms with van der Waals surface area (Å²) in [5, 5.41) is 0. The molecule has 2 fully saturated rings. The molecule has 0 heterocycles. The van der Waals surface area contributed by atoms with Gasteiger partial charge in [-0.1, -0.05) is 13.3 Å². The van der Waals surface area contributed by atoms with Gasteiger partial charge in [0, 0.05) is 0 Å². The predicted molar refractivity (Wildman–Crippen MR) is 34.4 cm³/mol. The van der Waals surface area contributed by atoms with Gasteiger partial charge in [0.05, 0.1) is 0 Å². The van der Waals surface area contributed by atoms with E-state index in [1.807, 2.05) is 0 Å². The minimum absolute atomic E-state index is 0.778. The lowest BCUT2D eigenvalue weighted by atomic mass is 9.64. The highest BCUT2D eigenvalue weighted by Crippen LogP contribution is 2.56. The second kappa shape index (κ2) is 1.29. The molecule has 0 amide bonds. The van der Waals surface area contributed by atoms with Crippen LogP contribution in [0.1, 0.15) is 32.6 Å². The summed E-state index contributed by atoms with van der Waals surface area (Å²) >= 11 is 0. The zero-order valence-corrected chi connectivity index (χ0v) is 5.48. The lowest BCUT2D eigenvalue weighted by Gasteiger charge is -2.41. The molecule has 0 nitrogen and oxygen atoms in total. The lowest BCUT2D eigenvalue weighted by molar-refractivity contribution is 0.162. The van der Waals surface area contributed by atoms with E-state index in [9.17, 15) is 0 Å².